The molecular weight excluding hydrogens is 434 g/mol. The predicted molar refractivity (Wildman–Crippen MR) is 117 cm³/mol. The number of fused-ring (bicyclic) bond motifs is 2. The maximum atomic E-state index is 12.6. The second-order valence-corrected chi connectivity index (χ2v) is 9.92. The van der Waals surface area contributed by atoms with Crippen molar-refractivity contribution in [3.05, 3.63) is 42.0 Å². The van der Waals surface area contributed by atoms with Gasteiger partial charge in [0.2, 0.25) is 21.7 Å². The molecule has 3 aliphatic heterocycles. The van der Waals surface area contributed by atoms with Crippen molar-refractivity contribution in [1.29, 1.82) is 0 Å². The Kier molecular flexibility index (Phi) is 5.66. The fraction of sp³-hybridized carbons (Fsp3) is 0.409. The number of hydrogen-bond acceptors (Lipinski definition) is 7. The molecule has 2 aromatic carbocycles. The number of benzene rings is 2. The zero-order chi connectivity index (χ0) is 22.1. The second-order valence-electron chi connectivity index (χ2n) is 8.15. The van der Waals surface area contributed by atoms with Crippen molar-refractivity contribution in [2.24, 2.45) is 5.92 Å². The minimum atomic E-state index is -3.61. The van der Waals surface area contributed by atoms with Crippen molar-refractivity contribution >= 4 is 21.6 Å². The molecule has 0 saturated carbocycles. The summed E-state index contributed by atoms with van der Waals surface area (Å²) >= 11 is 0. The van der Waals surface area contributed by atoms with Crippen molar-refractivity contribution in [2.45, 2.75) is 11.3 Å². The van der Waals surface area contributed by atoms with Crippen LogP contribution in [-0.2, 0) is 21.2 Å². The van der Waals surface area contributed by atoms with Gasteiger partial charge in [-0.25, -0.2) is 13.1 Å². The van der Waals surface area contributed by atoms with Crippen molar-refractivity contribution in [1.82, 2.24) is 9.62 Å². The largest absolute Gasteiger partial charge is 0.488 e. The Bertz CT molecular complexity index is 1130. The molecule has 9 nitrogen and oxygen atoms in total. The molecule has 3 heterocycles. The molecule has 10 heteroatoms. The number of carbonyl (C=O) groups is 1. The Hall–Kier alpha value is -2.82. The predicted octanol–water partition coefficient (Wildman–Crippen LogP) is 1.24. The minimum absolute atomic E-state index is 0.117. The molecule has 0 atom stereocenters. The van der Waals surface area contributed by atoms with Crippen molar-refractivity contribution < 1.29 is 27.4 Å². The molecule has 1 saturated heterocycles. The van der Waals surface area contributed by atoms with E-state index in [4.69, 9.17) is 14.2 Å². The third kappa shape index (κ3) is 4.38. The van der Waals surface area contributed by atoms with E-state index in [0.717, 1.165) is 19.6 Å². The highest BCUT2D eigenvalue weighted by molar-refractivity contribution is 7.89. The van der Waals surface area contributed by atoms with Crippen LogP contribution in [0.5, 0.6) is 17.2 Å². The molecule has 1 fully saturated rings. The molecule has 0 spiro atoms. The fourth-order valence-corrected chi connectivity index (χ4v) is 5.28. The lowest BCUT2D eigenvalue weighted by Gasteiger charge is -2.39. The summed E-state index contributed by atoms with van der Waals surface area (Å²) in [6, 6.07) is 10.3. The van der Waals surface area contributed by atoms with E-state index >= 15 is 0 Å². The summed E-state index contributed by atoms with van der Waals surface area (Å²) in [5, 5.41) is 2.71. The summed E-state index contributed by atoms with van der Waals surface area (Å²) in [6.45, 7) is 4.31. The van der Waals surface area contributed by atoms with Gasteiger partial charge in [0.05, 0.1) is 11.3 Å². The minimum Gasteiger partial charge on any atom is -0.488 e. The van der Waals surface area contributed by atoms with Crippen LogP contribution in [0.15, 0.2) is 41.3 Å². The molecular formula is C22H25N3O6S. The Morgan fingerprint density at radius 1 is 1.16 bits per heavy atom. The number of carbonyl (C=O) groups excluding carboxylic acids is 1. The lowest BCUT2D eigenvalue weighted by molar-refractivity contribution is -0.115. The number of anilines is 1. The first-order chi connectivity index (χ1) is 15.5. The van der Waals surface area contributed by atoms with Crippen LogP contribution >= 0.6 is 0 Å². The molecule has 2 N–H and O–H groups in total. The Labute approximate surface area is 186 Å². The highest BCUT2D eigenvalue weighted by Crippen LogP contribution is 2.38. The van der Waals surface area contributed by atoms with Crippen molar-refractivity contribution in [3.63, 3.8) is 0 Å². The SMILES string of the molecule is O=C1Cc2cc(S(=O)(=O)NCC3CN(CCOc4cccc5c4OCCO5)C3)ccc2N1. The summed E-state index contributed by atoms with van der Waals surface area (Å²) in [5.74, 6) is 2.17. The summed E-state index contributed by atoms with van der Waals surface area (Å²) in [7, 11) is -3.61. The summed E-state index contributed by atoms with van der Waals surface area (Å²) < 4.78 is 45.0. The first kappa shape index (κ1) is 21.0. The van der Waals surface area contributed by atoms with E-state index in [1.54, 1.807) is 12.1 Å². The smallest absolute Gasteiger partial charge is 0.240 e. The quantitative estimate of drug-likeness (QED) is 0.612. The lowest BCUT2D eigenvalue weighted by Crippen LogP contribution is -2.52. The van der Waals surface area contributed by atoms with Gasteiger partial charge in [0.1, 0.15) is 19.8 Å². The number of para-hydroxylation sites is 1. The van der Waals surface area contributed by atoms with Crippen LogP contribution in [0.3, 0.4) is 0 Å². The number of amides is 1. The summed E-state index contributed by atoms with van der Waals surface area (Å²) in [5.41, 5.74) is 1.39. The highest BCUT2D eigenvalue weighted by Gasteiger charge is 2.29. The zero-order valence-corrected chi connectivity index (χ0v) is 18.3. The molecule has 3 aliphatic rings. The van der Waals surface area contributed by atoms with Gasteiger partial charge in [-0.15, -0.1) is 0 Å². The van der Waals surface area contributed by atoms with Gasteiger partial charge in [-0.2, -0.15) is 0 Å². The van der Waals surface area contributed by atoms with E-state index in [9.17, 15) is 13.2 Å². The van der Waals surface area contributed by atoms with Crippen LogP contribution < -0.4 is 24.2 Å². The Morgan fingerprint density at radius 3 is 2.88 bits per heavy atom. The van der Waals surface area contributed by atoms with Crippen LogP contribution in [-0.4, -0.2) is 65.2 Å². The molecule has 0 radical (unpaired) electrons. The van der Waals surface area contributed by atoms with Gasteiger partial charge in [-0.1, -0.05) is 6.07 Å². The number of rotatable bonds is 8. The van der Waals surface area contributed by atoms with E-state index in [1.807, 2.05) is 18.2 Å². The van der Waals surface area contributed by atoms with Gasteiger partial charge in [0, 0.05) is 31.9 Å². The third-order valence-corrected chi connectivity index (χ3v) is 7.22. The molecule has 0 unspecified atom stereocenters. The van der Waals surface area contributed by atoms with Crippen LogP contribution in [0.1, 0.15) is 5.56 Å². The number of hydrogen-bond donors (Lipinski definition) is 2. The van der Waals surface area contributed by atoms with Crippen LogP contribution in [0.4, 0.5) is 5.69 Å². The molecule has 2 aromatic rings. The first-order valence-electron chi connectivity index (χ1n) is 10.6. The maximum absolute atomic E-state index is 12.6. The van der Waals surface area contributed by atoms with E-state index < -0.39 is 10.0 Å². The fourth-order valence-electron chi connectivity index (χ4n) is 4.12. The second kappa shape index (κ2) is 8.61. The zero-order valence-electron chi connectivity index (χ0n) is 17.5. The first-order valence-corrected chi connectivity index (χ1v) is 12.1. The molecule has 0 bridgehead atoms. The molecule has 170 valence electrons. The number of nitrogens with zero attached hydrogens (tertiary/aromatic N) is 1. The standard InChI is InChI=1S/C22H25N3O6S/c26-21-11-16-10-17(4-5-18(16)24-21)32(27,28)23-12-15-13-25(14-15)6-7-29-19-2-1-3-20-22(19)31-9-8-30-20/h1-5,10,15,23H,6-9,11-14H2,(H,24,26). The van der Waals surface area contributed by atoms with E-state index in [-0.39, 0.29) is 23.1 Å². The molecule has 0 aliphatic carbocycles. The van der Waals surface area contributed by atoms with Crippen molar-refractivity contribution in [3.8, 4) is 17.2 Å². The van der Waals surface area contributed by atoms with Gasteiger partial charge < -0.3 is 19.5 Å². The molecule has 1 amide bonds. The number of sulfonamides is 1. The molecule has 0 aromatic heterocycles. The van der Waals surface area contributed by atoms with Gasteiger partial charge in [0.25, 0.3) is 0 Å². The molecule has 32 heavy (non-hydrogen) atoms. The van der Waals surface area contributed by atoms with Crippen LogP contribution in [0.25, 0.3) is 0 Å². The summed E-state index contributed by atoms with van der Waals surface area (Å²) in [6.07, 6.45) is 0.212. The Morgan fingerprint density at radius 2 is 2.00 bits per heavy atom. The number of likely N-dealkylation sites (tertiary alicyclic amines) is 1. The van der Waals surface area contributed by atoms with Gasteiger partial charge in [0.15, 0.2) is 11.5 Å². The third-order valence-electron chi connectivity index (χ3n) is 5.80. The monoisotopic (exact) mass is 459 g/mol. The van der Waals surface area contributed by atoms with Gasteiger partial charge in [-0.05, 0) is 41.8 Å². The average molecular weight is 460 g/mol. The van der Waals surface area contributed by atoms with Crippen LogP contribution in [0, 0.1) is 5.92 Å². The van der Waals surface area contributed by atoms with Gasteiger partial charge >= 0.3 is 0 Å². The highest BCUT2D eigenvalue weighted by atomic mass is 32.2. The normalized spacial score (nSPS) is 18.1. The maximum Gasteiger partial charge on any atom is 0.240 e. The Balaban J connectivity index is 1.06. The van der Waals surface area contributed by atoms with Crippen LogP contribution in [0.2, 0.25) is 0 Å². The average Bonchev–Trinajstić information content (AvgIpc) is 3.14. The van der Waals surface area contributed by atoms with Crippen molar-refractivity contribution in [2.75, 3.05) is 51.3 Å². The molecule has 5 rings (SSSR count). The number of nitrogens with one attached hydrogen (secondary N) is 2. The number of ether oxygens (including phenoxy) is 3. The van der Waals surface area contributed by atoms with E-state index in [2.05, 4.69) is 14.9 Å². The van der Waals surface area contributed by atoms with Gasteiger partial charge in [-0.3, -0.25) is 9.69 Å². The summed E-state index contributed by atoms with van der Waals surface area (Å²) in [4.78, 5) is 13.9. The topological polar surface area (TPSA) is 106 Å². The lowest BCUT2D eigenvalue weighted by atomic mass is 10.0. The van der Waals surface area contributed by atoms with E-state index in [1.165, 1.54) is 6.07 Å². The van der Waals surface area contributed by atoms with E-state index in [0.29, 0.717) is 54.9 Å².